The Morgan fingerprint density at radius 1 is 1.37 bits per heavy atom. The molecular weight excluding hydrogens is 340 g/mol. The van der Waals surface area contributed by atoms with Crippen molar-refractivity contribution in [2.45, 2.75) is 31.7 Å². The Hall–Kier alpha value is -2.18. The number of aryl methyl sites for hydroxylation is 1. The fourth-order valence-electron chi connectivity index (χ4n) is 3.80. The van der Waals surface area contributed by atoms with E-state index in [1.807, 2.05) is 29.9 Å². The molecular formula is C21H30N4O2. The molecule has 2 aromatic rings. The highest BCUT2D eigenvalue weighted by atomic mass is 16.5. The molecule has 1 unspecified atom stereocenters. The maximum Gasteiger partial charge on any atom is 0.272 e. The average Bonchev–Trinajstić information content (AvgIpc) is 3.03. The van der Waals surface area contributed by atoms with Gasteiger partial charge in [-0.3, -0.25) is 9.48 Å². The van der Waals surface area contributed by atoms with E-state index in [1.165, 1.54) is 11.3 Å². The number of fused-ring (bicyclic) bond motifs is 1. The van der Waals surface area contributed by atoms with Crippen LogP contribution >= 0.6 is 0 Å². The minimum Gasteiger partial charge on any atom is -0.383 e. The third-order valence-corrected chi connectivity index (χ3v) is 5.46. The van der Waals surface area contributed by atoms with Crippen molar-refractivity contribution in [3.8, 4) is 0 Å². The maximum atomic E-state index is 12.7. The Labute approximate surface area is 161 Å². The van der Waals surface area contributed by atoms with Crippen molar-refractivity contribution in [3.05, 3.63) is 52.8 Å². The molecule has 1 atom stereocenters. The molecule has 6 heteroatoms. The summed E-state index contributed by atoms with van der Waals surface area (Å²) in [5.74, 6) is -0.0667. The number of ether oxygens (including phenoxy) is 1. The Balaban J connectivity index is 1.64. The molecule has 6 nitrogen and oxygen atoms in total. The second-order valence-electron chi connectivity index (χ2n) is 7.26. The van der Waals surface area contributed by atoms with Crippen molar-refractivity contribution in [3.63, 3.8) is 0 Å². The second kappa shape index (κ2) is 9.15. The minimum atomic E-state index is -0.0667. The number of amides is 1. The van der Waals surface area contributed by atoms with Gasteiger partial charge >= 0.3 is 0 Å². The van der Waals surface area contributed by atoms with E-state index in [0.717, 1.165) is 44.4 Å². The number of hydrogen-bond donors (Lipinski definition) is 1. The molecule has 1 heterocycles. The topological polar surface area (TPSA) is 59.4 Å². The summed E-state index contributed by atoms with van der Waals surface area (Å²) >= 11 is 0. The van der Waals surface area contributed by atoms with Gasteiger partial charge in [-0.05, 0) is 38.3 Å². The first-order valence-corrected chi connectivity index (χ1v) is 9.66. The monoisotopic (exact) mass is 370 g/mol. The molecule has 1 aromatic carbocycles. The lowest BCUT2D eigenvalue weighted by Crippen LogP contribution is -2.39. The van der Waals surface area contributed by atoms with Gasteiger partial charge in [-0.15, -0.1) is 0 Å². The number of carbonyl (C=O) groups is 1. The molecule has 146 valence electrons. The van der Waals surface area contributed by atoms with E-state index in [4.69, 9.17) is 4.74 Å². The van der Waals surface area contributed by atoms with E-state index in [-0.39, 0.29) is 5.91 Å². The molecule has 1 aliphatic rings. The van der Waals surface area contributed by atoms with Gasteiger partial charge in [0.05, 0.1) is 6.61 Å². The van der Waals surface area contributed by atoms with Crippen LogP contribution in [0.15, 0.2) is 30.3 Å². The maximum absolute atomic E-state index is 12.7. The molecule has 1 aromatic heterocycles. The summed E-state index contributed by atoms with van der Waals surface area (Å²) in [7, 11) is 5.80. The van der Waals surface area contributed by atoms with Crippen LogP contribution in [-0.2, 0) is 31.0 Å². The number of rotatable bonds is 8. The summed E-state index contributed by atoms with van der Waals surface area (Å²) in [4.78, 5) is 15.1. The van der Waals surface area contributed by atoms with Gasteiger partial charge in [-0.25, -0.2) is 0 Å². The van der Waals surface area contributed by atoms with Crippen LogP contribution in [0.4, 0.5) is 0 Å². The van der Waals surface area contributed by atoms with Crippen molar-refractivity contribution in [1.82, 2.24) is 20.0 Å². The fraction of sp³-hybridized carbons (Fsp3) is 0.524. The van der Waals surface area contributed by atoms with Crippen LogP contribution in [0, 0.1) is 0 Å². The van der Waals surface area contributed by atoms with E-state index < -0.39 is 0 Å². The molecule has 3 rings (SSSR count). The fourth-order valence-corrected chi connectivity index (χ4v) is 3.80. The van der Waals surface area contributed by atoms with Crippen molar-refractivity contribution >= 4 is 5.91 Å². The van der Waals surface area contributed by atoms with Gasteiger partial charge < -0.3 is 15.0 Å². The van der Waals surface area contributed by atoms with Gasteiger partial charge in [0, 0.05) is 44.5 Å². The highest BCUT2D eigenvalue weighted by molar-refractivity contribution is 5.94. The van der Waals surface area contributed by atoms with Crippen LogP contribution in [0.3, 0.4) is 0 Å². The summed E-state index contributed by atoms with van der Waals surface area (Å²) < 4.78 is 7.08. The second-order valence-corrected chi connectivity index (χ2v) is 7.26. The number of nitrogens with zero attached hydrogens (tertiary/aromatic N) is 3. The quantitative estimate of drug-likeness (QED) is 0.770. The normalized spacial score (nSPS) is 16.4. The van der Waals surface area contributed by atoms with Crippen LogP contribution in [0.5, 0.6) is 0 Å². The van der Waals surface area contributed by atoms with Gasteiger partial charge in [-0.1, -0.05) is 30.3 Å². The van der Waals surface area contributed by atoms with Gasteiger partial charge in [0.2, 0.25) is 0 Å². The first-order valence-electron chi connectivity index (χ1n) is 9.66. The van der Waals surface area contributed by atoms with Crippen molar-refractivity contribution in [2.24, 2.45) is 7.05 Å². The number of hydrogen-bond acceptors (Lipinski definition) is 4. The van der Waals surface area contributed by atoms with Crippen molar-refractivity contribution in [2.75, 3.05) is 33.9 Å². The van der Waals surface area contributed by atoms with Crippen LogP contribution in [0.1, 0.15) is 33.7 Å². The summed E-state index contributed by atoms with van der Waals surface area (Å²) in [5, 5.41) is 7.58. The van der Waals surface area contributed by atoms with Crippen LogP contribution in [0.25, 0.3) is 0 Å². The molecule has 1 N–H and O–H groups in total. The predicted octanol–water partition coefficient (Wildman–Crippen LogP) is 1.83. The molecule has 0 saturated carbocycles. The zero-order valence-electron chi connectivity index (χ0n) is 16.6. The van der Waals surface area contributed by atoms with E-state index in [1.54, 1.807) is 7.11 Å². The highest BCUT2D eigenvalue weighted by Crippen LogP contribution is 2.26. The largest absolute Gasteiger partial charge is 0.383 e. The molecule has 0 bridgehead atoms. The third-order valence-electron chi connectivity index (χ3n) is 5.46. The Kier molecular flexibility index (Phi) is 6.63. The Morgan fingerprint density at radius 3 is 2.89 bits per heavy atom. The molecule has 0 spiro atoms. The lowest BCUT2D eigenvalue weighted by Gasteiger charge is -2.31. The summed E-state index contributed by atoms with van der Waals surface area (Å²) in [6.07, 6.45) is 3.73. The standard InChI is InChI=1S/C21H30N4O2/c1-24(13-14-27-3)17-9-10-19-18(15-17)20(23-25(19)2)21(26)22-12-11-16-7-5-4-6-8-16/h4-8,17H,9-15H2,1-3H3,(H,22,26). The van der Waals surface area contributed by atoms with Crippen LogP contribution < -0.4 is 5.32 Å². The smallest absolute Gasteiger partial charge is 0.272 e. The molecule has 1 amide bonds. The molecule has 0 fully saturated rings. The molecule has 1 aliphatic carbocycles. The van der Waals surface area contributed by atoms with E-state index in [9.17, 15) is 4.79 Å². The number of likely N-dealkylation sites (N-methyl/N-ethyl adjacent to an activating group) is 1. The molecule has 0 aliphatic heterocycles. The lowest BCUT2D eigenvalue weighted by atomic mass is 9.90. The Morgan fingerprint density at radius 2 is 2.15 bits per heavy atom. The van der Waals surface area contributed by atoms with Gasteiger partial charge in [0.25, 0.3) is 5.91 Å². The first-order chi connectivity index (χ1) is 13.1. The van der Waals surface area contributed by atoms with Crippen molar-refractivity contribution in [1.29, 1.82) is 0 Å². The van der Waals surface area contributed by atoms with Crippen molar-refractivity contribution < 1.29 is 9.53 Å². The number of methoxy groups -OCH3 is 1. The predicted molar refractivity (Wildman–Crippen MR) is 106 cm³/mol. The van der Waals surface area contributed by atoms with E-state index in [0.29, 0.717) is 18.3 Å². The van der Waals surface area contributed by atoms with Gasteiger partial charge in [-0.2, -0.15) is 5.10 Å². The zero-order valence-corrected chi connectivity index (χ0v) is 16.6. The number of nitrogens with one attached hydrogen (secondary N) is 1. The van der Waals surface area contributed by atoms with Gasteiger partial charge in [0.1, 0.15) is 0 Å². The van der Waals surface area contributed by atoms with E-state index in [2.05, 4.69) is 34.5 Å². The lowest BCUT2D eigenvalue weighted by molar-refractivity contribution is 0.0946. The summed E-state index contributed by atoms with van der Waals surface area (Å²) in [6, 6.07) is 10.6. The summed E-state index contributed by atoms with van der Waals surface area (Å²) in [6.45, 7) is 2.24. The molecule has 0 radical (unpaired) electrons. The number of carbonyl (C=O) groups excluding carboxylic acids is 1. The highest BCUT2D eigenvalue weighted by Gasteiger charge is 2.29. The SMILES string of the molecule is COCCN(C)C1CCc2c(c(C(=O)NCCc3ccccc3)nn2C)C1. The number of aromatic nitrogens is 2. The van der Waals surface area contributed by atoms with Gasteiger partial charge in [0.15, 0.2) is 5.69 Å². The van der Waals surface area contributed by atoms with Crippen LogP contribution in [-0.4, -0.2) is 60.5 Å². The Bertz CT molecular complexity index is 757. The minimum absolute atomic E-state index is 0.0667. The van der Waals surface area contributed by atoms with E-state index >= 15 is 0 Å². The number of benzene rings is 1. The average molecular weight is 370 g/mol. The summed E-state index contributed by atoms with van der Waals surface area (Å²) in [5.41, 5.74) is 4.11. The molecule has 0 saturated heterocycles. The van der Waals surface area contributed by atoms with Crippen LogP contribution in [0.2, 0.25) is 0 Å². The first kappa shape index (κ1) is 19.6. The third kappa shape index (κ3) is 4.76. The zero-order chi connectivity index (χ0) is 19.2. The molecule has 27 heavy (non-hydrogen) atoms.